The molecule has 0 aliphatic carbocycles. The van der Waals surface area contributed by atoms with Crippen LogP contribution in [0.4, 0.5) is 4.79 Å². The normalized spacial score (nSPS) is 16.8. The Balaban J connectivity index is 1.43. The number of H-pyrrole nitrogens is 1. The molecule has 0 spiro atoms. The van der Waals surface area contributed by atoms with Crippen LogP contribution in [0, 0.1) is 6.92 Å². The van der Waals surface area contributed by atoms with Crippen molar-refractivity contribution >= 4 is 17.1 Å². The summed E-state index contributed by atoms with van der Waals surface area (Å²) in [6, 6.07) is 17.8. The summed E-state index contributed by atoms with van der Waals surface area (Å²) in [5.41, 5.74) is 4.93. The Morgan fingerprint density at radius 2 is 2.00 bits per heavy atom. The molecule has 2 aromatic heterocycles. The number of likely N-dealkylation sites (tertiary alicyclic amines) is 1. The van der Waals surface area contributed by atoms with Crippen LogP contribution in [0.2, 0.25) is 0 Å². The van der Waals surface area contributed by atoms with Crippen LogP contribution in [0.3, 0.4) is 0 Å². The Bertz CT molecular complexity index is 1140. The predicted octanol–water partition coefficient (Wildman–Crippen LogP) is 4.54. The monoisotopic (exact) mass is 371 g/mol. The number of benzene rings is 2. The molecule has 0 saturated carbocycles. The number of aryl methyl sites for hydroxylation is 1. The molecule has 2 aromatic carbocycles. The zero-order valence-corrected chi connectivity index (χ0v) is 15.7. The van der Waals surface area contributed by atoms with Crippen LogP contribution in [0.1, 0.15) is 30.3 Å². The highest BCUT2D eigenvalue weighted by atomic mass is 16.2. The molecule has 6 heteroatoms. The molecule has 1 atom stereocenters. The maximum Gasteiger partial charge on any atom is 0.345 e. The second-order valence-corrected chi connectivity index (χ2v) is 7.29. The number of amides is 1. The number of hydrogen-bond acceptors (Lipinski definition) is 3. The first-order valence-corrected chi connectivity index (χ1v) is 9.57. The van der Waals surface area contributed by atoms with E-state index in [2.05, 4.69) is 29.1 Å². The van der Waals surface area contributed by atoms with E-state index in [-0.39, 0.29) is 12.1 Å². The van der Waals surface area contributed by atoms with Gasteiger partial charge < -0.3 is 9.88 Å². The van der Waals surface area contributed by atoms with E-state index < -0.39 is 0 Å². The van der Waals surface area contributed by atoms with Gasteiger partial charge in [-0.3, -0.25) is 0 Å². The number of aromatic nitrogens is 4. The van der Waals surface area contributed by atoms with E-state index in [1.165, 1.54) is 10.2 Å². The quantitative estimate of drug-likeness (QED) is 0.562. The number of carbonyl (C=O) groups excluding carboxylic acids is 1. The average Bonchev–Trinajstić information content (AvgIpc) is 3.46. The Morgan fingerprint density at radius 3 is 2.86 bits per heavy atom. The number of fused-ring (bicyclic) bond motifs is 1. The molecule has 1 unspecified atom stereocenters. The van der Waals surface area contributed by atoms with Crippen molar-refractivity contribution in [2.75, 3.05) is 6.54 Å². The minimum absolute atomic E-state index is 0.0513. The maximum absolute atomic E-state index is 13.1. The first-order chi connectivity index (χ1) is 13.7. The minimum atomic E-state index is -0.110. The van der Waals surface area contributed by atoms with Crippen LogP contribution in [-0.4, -0.2) is 37.2 Å². The molecule has 1 aliphatic heterocycles. The molecular weight excluding hydrogens is 350 g/mol. The fraction of sp³-hybridized carbons (Fsp3) is 0.227. The SMILES string of the molecule is Cc1ccc2nc(C3CCCN3C(=O)n3ccc(-c4ccccc4)n3)[nH]c2c1. The molecule has 1 amide bonds. The Hall–Kier alpha value is -3.41. The predicted molar refractivity (Wildman–Crippen MR) is 108 cm³/mol. The fourth-order valence-electron chi connectivity index (χ4n) is 3.91. The summed E-state index contributed by atoms with van der Waals surface area (Å²) in [6.07, 6.45) is 3.60. The fourth-order valence-corrected chi connectivity index (χ4v) is 3.91. The van der Waals surface area contributed by atoms with Gasteiger partial charge in [0.2, 0.25) is 0 Å². The van der Waals surface area contributed by atoms with Gasteiger partial charge in [0.25, 0.3) is 0 Å². The lowest BCUT2D eigenvalue weighted by molar-refractivity contribution is 0.189. The van der Waals surface area contributed by atoms with Crippen molar-refractivity contribution in [3.63, 3.8) is 0 Å². The number of rotatable bonds is 2. The van der Waals surface area contributed by atoms with Gasteiger partial charge in [-0.15, -0.1) is 0 Å². The van der Waals surface area contributed by atoms with Gasteiger partial charge in [0, 0.05) is 18.3 Å². The molecule has 3 heterocycles. The van der Waals surface area contributed by atoms with Crippen LogP contribution >= 0.6 is 0 Å². The summed E-state index contributed by atoms with van der Waals surface area (Å²) in [7, 11) is 0. The lowest BCUT2D eigenvalue weighted by atomic mass is 10.2. The molecule has 1 fully saturated rings. The van der Waals surface area contributed by atoms with Gasteiger partial charge in [0.15, 0.2) is 0 Å². The molecule has 4 aromatic rings. The third-order valence-corrected chi connectivity index (χ3v) is 5.32. The van der Waals surface area contributed by atoms with Crippen LogP contribution in [0.15, 0.2) is 60.8 Å². The van der Waals surface area contributed by atoms with E-state index >= 15 is 0 Å². The summed E-state index contributed by atoms with van der Waals surface area (Å²) in [6.45, 7) is 2.77. The molecule has 5 rings (SSSR count). The van der Waals surface area contributed by atoms with E-state index in [0.717, 1.165) is 41.0 Å². The molecule has 0 bridgehead atoms. The summed E-state index contributed by atoms with van der Waals surface area (Å²) in [4.78, 5) is 23.1. The average molecular weight is 371 g/mol. The van der Waals surface area contributed by atoms with Crippen LogP contribution in [-0.2, 0) is 0 Å². The molecule has 28 heavy (non-hydrogen) atoms. The number of hydrogen-bond donors (Lipinski definition) is 1. The topological polar surface area (TPSA) is 66.8 Å². The van der Waals surface area contributed by atoms with E-state index in [4.69, 9.17) is 4.98 Å². The highest BCUT2D eigenvalue weighted by molar-refractivity contribution is 5.79. The highest BCUT2D eigenvalue weighted by Crippen LogP contribution is 2.32. The maximum atomic E-state index is 13.1. The van der Waals surface area contributed by atoms with Crippen molar-refractivity contribution in [3.05, 3.63) is 72.2 Å². The minimum Gasteiger partial charge on any atom is -0.340 e. The van der Waals surface area contributed by atoms with Crippen LogP contribution in [0.25, 0.3) is 22.3 Å². The van der Waals surface area contributed by atoms with Crippen LogP contribution in [0.5, 0.6) is 0 Å². The molecular formula is C22H21N5O. The van der Waals surface area contributed by atoms with Crippen molar-refractivity contribution < 1.29 is 4.79 Å². The first kappa shape index (κ1) is 16.7. The Labute approximate surface area is 162 Å². The van der Waals surface area contributed by atoms with E-state index in [0.29, 0.717) is 6.54 Å². The first-order valence-electron chi connectivity index (χ1n) is 9.57. The summed E-state index contributed by atoms with van der Waals surface area (Å²) in [5.74, 6) is 0.849. The van der Waals surface area contributed by atoms with Crippen molar-refractivity contribution in [3.8, 4) is 11.3 Å². The van der Waals surface area contributed by atoms with E-state index in [1.54, 1.807) is 6.20 Å². The van der Waals surface area contributed by atoms with Crippen LogP contribution < -0.4 is 0 Å². The van der Waals surface area contributed by atoms with Gasteiger partial charge in [-0.2, -0.15) is 9.78 Å². The van der Waals surface area contributed by atoms with Crippen molar-refractivity contribution in [2.45, 2.75) is 25.8 Å². The molecule has 1 N–H and O–H groups in total. The molecule has 1 aliphatic rings. The smallest absolute Gasteiger partial charge is 0.340 e. The molecule has 1 saturated heterocycles. The van der Waals surface area contributed by atoms with Gasteiger partial charge in [0.05, 0.1) is 22.8 Å². The zero-order chi connectivity index (χ0) is 19.1. The standard InChI is InChI=1S/C22H21N5O/c1-15-9-10-18-19(14-15)24-21(23-18)20-8-5-12-26(20)22(28)27-13-11-17(25-27)16-6-3-2-4-7-16/h2-4,6-7,9-11,13-14,20H,5,8,12H2,1H3,(H,23,24). The second kappa shape index (κ2) is 6.64. The largest absolute Gasteiger partial charge is 0.345 e. The zero-order valence-electron chi connectivity index (χ0n) is 15.7. The van der Waals surface area contributed by atoms with Gasteiger partial charge in [-0.1, -0.05) is 36.4 Å². The number of imidazole rings is 1. The Kier molecular flexibility index (Phi) is 3.97. The van der Waals surface area contributed by atoms with Gasteiger partial charge in [-0.25, -0.2) is 9.78 Å². The number of nitrogens with one attached hydrogen (secondary N) is 1. The van der Waals surface area contributed by atoms with Crippen molar-refractivity contribution in [2.24, 2.45) is 0 Å². The lowest BCUT2D eigenvalue weighted by Crippen LogP contribution is -2.35. The molecule has 0 radical (unpaired) electrons. The van der Waals surface area contributed by atoms with Gasteiger partial charge in [0.1, 0.15) is 5.82 Å². The summed E-state index contributed by atoms with van der Waals surface area (Å²) < 4.78 is 1.44. The summed E-state index contributed by atoms with van der Waals surface area (Å²) in [5, 5.41) is 4.50. The summed E-state index contributed by atoms with van der Waals surface area (Å²) >= 11 is 0. The van der Waals surface area contributed by atoms with E-state index in [1.807, 2.05) is 47.4 Å². The van der Waals surface area contributed by atoms with E-state index in [9.17, 15) is 4.79 Å². The lowest BCUT2D eigenvalue weighted by Gasteiger charge is -2.22. The third kappa shape index (κ3) is 2.87. The molecule has 140 valence electrons. The molecule has 6 nitrogen and oxygen atoms in total. The Morgan fingerprint density at radius 1 is 1.14 bits per heavy atom. The second-order valence-electron chi connectivity index (χ2n) is 7.29. The van der Waals surface area contributed by atoms with Gasteiger partial charge >= 0.3 is 6.03 Å². The highest BCUT2D eigenvalue weighted by Gasteiger charge is 2.33. The number of carbonyl (C=O) groups is 1. The number of nitrogens with zero attached hydrogens (tertiary/aromatic N) is 4. The van der Waals surface area contributed by atoms with Crippen molar-refractivity contribution in [1.82, 2.24) is 24.6 Å². The number of aromatic amines is 1. The van der Waals surface area contributed by atoms with Gasteiger partial charge in [-0.05, 0) is 43.5 Å². The third-order valence-electron chi connectivity index (χ3n) is 5.32. The van der Waals surface area contributed by atoms with Crippen molar-refractivity contribution in [1.29, 1.82) is 0 Å².